The smallest absolute Gasteiger partial charge is 0.234 e. The first-order valence-corrected chi connectivity index (χ1v) is 13.2. The molecule has 1 heterocycles. The lowest BCUT2D eigenvalue weighted by Crippen LogP contribution is -2.37. The number of nitrogens with zero attached hydrogens (tertiary/aromatic N) is 1. The van der Waals surface area contributed by atoms with Crippen LogP contribution in [0.5, 0.6) is 0 Å². The van der Waals surface area contributed by atoms with Crippen LogP contribution in [-0.2, 0) is 9.59 Å². The molecular formula is C26H47N3O2. The van der Waals surface area contributed by atoms with Crippen LogP contribution in [0.4, 0.5) is 0 Å². The predicted molar refractivity (Wildman–Crippen MR) is 128 cm³/mol. The molecule has 2 fully saturated rings. The summed E-state index contributed by atoms with van der Waals surface area (Å²) < 4.78 is 0. The molecule has 0 aromatic carbocycles. The molecule has 31 heavy (non-hydrogen) atoms. The van der Waals surface area contributed by atoms with Crippen LogP contribution in [-0.4, -0.2) is 35.1 Å². The number of nitrogens with one attached hydrogen (secondary N) is 2. The van der Waals surface area contributed by atoms with E-state index >= 15 is 0 Å². The van der Waals surface area contributed by atoms with Gasteiger partial charge in [0.2, 0.25) is 11.8 Å². The third-order valence-corrected chi connectivity index (χ3v) is 7.66. The second kappa shape index (κ2) is 13.2. The van der Waals surface area contributed by atoms with Crippen molar-refractivity contribution in [1.29, 1.82) is 5.41 Å². The Labute approximate surface area is 190 Å². The van der Waals surface area contributed by atoms with Gasteiger partial charge < -0.3 is 10.2 Å². The summed E-state index contributed by atoms with van der Waals surface area (Å²) in [7, 11) is 0. The van der Waals surface area contributed by atoms with Crippen molar-refractivity contribution in [3.63, 3.8) is 0 Å². The number of likely N-dealkylation sites (tertiary alicyclic amines) is 1. The van der Waals surface area contributed by atoms with Crippen LogP contribution in [0, 0.1) is 16.7 Å². The third kappa shape index (κ3) is 7.05. The van der Waals surface area contributed by atoms with Gasteiger partial charge in [0.25, 0.3) is 0 Å². The fourth-order valence-electron chi connectivity index (χ4n) is 5.49. The largest absolute Gasteiger partial charge is 0.353 e. The van der Waals surface area contributed by atoms with Crippen LogP contribution in [0.2, 0.25) is 0 Å². The molecule has 2 N–H and O–H groups in total. The van der Waals surface area contributed by atoms with Crippen LogP contribution in [0.3, 0.4) is 0 Å². The van der Waals surface area contributed by atoms with Gasteiger partial charge in [0, 0.05) is 24.9 Å². The molecule has 0 bridgehead atoms. The van der Waals surface area contributed by atoms with E-state index in [-0.39, 0.29) is 23.1 Å². The Morgan fingerprint density at radius 3 is 2.19 bits per heavy atom. The molecule has 5 heteroatoms. The zero-order valence-electron chi connectivity index (χ0n) is 20.4. The summed E-state index contributed by atoms with van der Waals surface area (Å²) in [6.07, 6.45) is 16.7. The monoisotopic (exact) mass is 433 g/mol. The van der Waals surface area contributed by atoms with E-state index in [9.17, 15) is 9.59 Å². The number of unbranched alkanes of at least 4 members (excludes halogenated alkanes) is 4. The van der Waals surface area contributed by atoms with Gasteiger partial charge in [-0.1, -0.05) is 78.6 Å². The van der Waals surface area contributed by atoms with Crippen LogP contribution in [0.1, 0.15) is 124 Å². The Hall–Kier alpha value is -1.39. The van der Waals surface area contributed by atoms with Gasteiger partial charge in [-0.2, -0.15) is 0 Å². The van der Waals surface area contributed by atoms with Gasteiger partial charge in [-0.05, 0) is 38.5 Å². The molecule has 1 saturated heterocycles. The van der Waals surface area contributed by atoms with Crippen molar-refractivity contribution in [2.45, 2.75) is 130 Å². The first-order valence-electron chi connectivity index (χ1n) is 13.2. The van der Waals surface area contributed by atoms with Gasteiger partial charge in [0.1, 0.15) is 5.84 Å². The Morgan fingerprint density at radius 1 is 1.00 bits per heavy atom. The first-order chi connectivity index (χ1) is 15.0. The summed E-state index contributed by atoms with van der Waals surface area (Å²) in [5.41, 5.74) is -0.359. The summed E-state index contributed by atoms with van der Waals surface area (Å²) in [4.78, 5) is 27.4. The first kappa shape index (κ1) is 25.9. The van der Waals surface area contributed by atoms with E-state index in [1.807, 2.05) is 0 Å². The Balaban J connectivity index is 1.77. The molecule has 1 saturated carbocycles. The van der Waals surface area contributed by atoms with Crippen LogP contribution >= 0.6 is 0 Å². The number of carbonyl (C=O) groups is 2. The van der Waals surface area contributed by atoms with Crippen molar-refractivity contribution in [2.24, 2.45) is 11.3 Å². The van der Waals surface area contributed by atoms with Gasteiger partial charge in [-0.25, -0.2) is 0 Å². The van der Waals surface area contributed by atoms with E-state index in [0.717, 1.165) is 70.6 Å². The van der Waals surface area contributed by atoms with Gasteiger partial charge in [0.15, 0.2) is 0 Å². The minimum Gasteiger partial charge on any atom is -0.353 e. The molecule has 1 atom stereocenters. The van der Waals surface area contributed by atoms with Crippen molar-refractivity contribution < 1.29 is 9.59 Å². The number of hydrogen-bond donors (Lipinski definition) is 2. The number of amides is 2. The predicted octanol–water partition coefficient (Wildman–Crippen LogP) is 6.21. The summed E-state index contributed by atoms with van der Waals surface area (Å²) in [5, 5.41) is 11.8. The highest BCUT2D eigenvalue weighted by molar-refractivity contribution is 6.08. The van der Waals surface area contributed by atoms with E-state index < -0.39 is 0 Å². The Bertz CT molecular complexity index is 573. The number of hydrogen-bond acceptors (Lipinski definition) is 3. The van der Waals surface area contributed by atoms with E-state index in [1.165, 1.54) is 25.7 Å². The second-order valence-electron chi connectivity index (χ2n) is 9.99. The van der Waals surface area contributed by atoms with Crippen molar-refractivity contribution in [2.75, 3.05) is 6.54 Å². The lowest BCUT2D eigenvalue weighted by atomic mass is 9.70. The maximum absolute atomic E-state index is 13.4. The van der Waals surface area contributed by atoms with Crippen LogP contribution < -0.4 is 5.32 Å². The number of carbonyl (C=O) groups excluding carboxylic acids is 2. The maximum atomic E-state index is 13.4. The van der Waals surface area contributed by atoms with Gasteiger partial charge in [-0.15, -0.1) is 0 Å². The summed E-state index contributed by atoms with van der Waals surface area (Å²) >= 11 is 0. The molecule has 0 aromatic heterocycles. The van der Waals surface area contributed by atoms with Crippen molar-refractivity contribution >= 4 is 17.6 Å². The molecule has 2 rings (SSSR count). The van der Waals surface area contributed by atoms with Crippen LogP contribution in [0.15, 0.2) is 0 Å². The quantitative estimate of drug-likeness (QED) is 0.268. The lowest BCUT2D eigenvalue weighted by Gasteiger charge is -2.30. The Morgan fingerprint density at radius 2 is 1.61 bits per heavy atom. The molecule has 1 aliphatic heterocycles. The molecular weight excluding hydrogens is 386 g/mol. The zero-order chi connectivity index (χ0) is 22.7. The minimum atomic E-state index is -0.359. The average molecular weight is 434 g/mol. The van der Waals surface area contributed by atoms with Gasteiger partial charge in [0.05, 0.1) is 5.41 Å². The van der Waals surface area contributed by atoms with E-state index in [2.05, 4.69) is 26.1 Å². The highest BCUT2D eigenvalue weighted by atomic mass is 16.2. The Kier molecular flexibility index (Phi) is 11.0. The molecule has 0 radical (unpaired) electrons. The average Bonchev–Trinajstić information content (AvgIpc) is 2.96. The molecule has 0 aromatic rings. The molecule has 5 nitrogen and oxygen atoms in total. The standard InChI is InChI=1S/C26H47N3O2/c1-4-6-18-26(19-7-5-2)21(3)24(27)29(25(26)31)20-14-10-13-17-23(30)28-22-15-11-8-9-12-16-22/h21-22,27H,4-20H2,1-3H3,(H,28,30). The third-order valence-electron chi connectivity index (χ3n) is 7.66. The number of amidine groups is 1. The van der Waals surface area contributed by atoms with Gasteiger partial charge in [-0.3, -0.25) is 15.0 Å². The normalized spacial score (nSPS) is 22.0. The van der Waals surface area contributed by atoms with Crippen molar-refractivity contribution in [3.8, 4) is 0 Å². The van der Waals surface area contributed by atoms with E-state index in [4.69, 9.17) is 5.41 Å². The fourth-order valence-corrected chi connectivity index (χ4v) is 5.49. The topological polar surface area (TPSA) is 73.3 Å². The summed E-state index contributed by atoms with van der Waals surface area (Å²) in [6, 6.07) is 0.374. The summed E-state index contributed by atoms with van der Waals surface area (Å²) in [5.74, 6) is 0.911. The van der Waals surface area contributed by atoms with E-state index in [0.29, 0.717) is 24.8 Å². The SMILES string of the molecule is CCCCC1(CCCC)C(=O)N(CCCCCC(=O)NC2CCCCCC2)C(=N)C1C. The zero-order valence-corrected chi connectivity index (χ0v) is 20.4. The molecule has 178 valence electrons. The summed E-state index contributed by atoms with van der Waals surface area (Å²) in [6.45, 7) is 7.06. The molecule has 1 unspecified atom stereocenters. The van der Waals surface area contributed by atoms with Crippen molar-refractivity contribution in [1.82, 2.24) is 10.2 Å². The molecule has 1 aliphatic carbocycles. The molecule has 2 amide bonds. The maximum Gasteiger partial charge on any atom is 0.234 e. The fraction of sp³-hybridized carbons (Fsp3) is 0.885. The van der Waals surface area contributed by atoms with Crippen molar-refractivity contribution in [3.05, 3.63) is 0 Å². The lowest BCUT2D eigenvalue weighted by molar-refractivity contribution is -0.137. The number of rotatable bonds is 13. The van der Waals surface area contributed by atoms with Gasteiger partial charge >= 0.3 is 0 Å². The highest BCUT2D eigenvalue weighted by Crippen LogP contribution is 2.46. The minimum absolute atomic E-state index is 0.0171. The second-order valence-corrected chi connectivity index (χ2v) is 9.99. The highest BCUT2D eigenvalue weighted by Gasteiger charge is 2.53. The van der Waals surface area contributed by atoms with E-state index in [1.54, 1.807) is 4.90 Å². The molecule has 0 spiro atoms. The molecule has 2 aliphatic rings. The van der Waals surface area contributed by atoms with Crippen LogP contribution in [0.25, 0.3) is 0 Å².